The monoisotopic (exact) mass is 310 g/mol. The Labute approximate surface area is 135 Å². The molecular formula is C17H19BN2O3. The first kappa shape index (κ1) is 15.5. The molecule has 0 N–H and O–H groups in total. The Morgan fingerprint density at radius 1 is 1.43 bits per heavy atom. The highest BCUT2D eigenvalue weighted by atomic mass is 16.5. The summed E-state index contributed by atoms with van der Waals surface area (Å²) in [6, 6.07) is 3.97. The smallest absolute Gasteiger partial charge is 0.342 e. The van der Waals surface area contributed by atoms with Crippen molar-refractivity contribution in [2.45, 2.75) is 26.5 Å². The first-order valence-electron chi connectivity index (χ1n) is 7.97. The second kappa shape index (κ2) is 6.37. The molecule has 0 atom stereocenters. The molecular weight excluding hydrogens is 291 g/mol. The number of esters is 1. The van der Waals surface area contributed by atoms with Crippen LogP contribution < -0.4 is 4.90 Å². The van der Waals surface area contributed by atoms with Gasteiger partial charge in [0.25, 0.3) is 6.71 Å². The van der Waals surface area contributed by atoms with Gasteiger partial charge in [0.05, 0.1) is 6.61 Å². The molecule has 1 aromatic carbocycles. The van der Waals surface area contributed by atoms with Gasteiger partial charge in [0.15, 0.2) is 0 Å². The molecule has 0 amide bonds. The predicted octanol–water partition coefficient (Wildman–Crippen LogP) is 3.30. The molecule has 0 unspecified atom stereocenters. The number of furan rings is 1. The van der Waals surface area contributed by atoms with Gasteiger partial charge in [-0.05, 0) is 38.1 Å². The minimum absolute atomic E-state index is 0.161. The minimum atomic E-state index is -0.353. The quantitative estimate of drug-likeness (QED) is 0.643. The first-order chi connectivity index (χ1) is 11.1. The molecule has 0 spiro atoms. The van der Waals surface area contributed by atoms with Crippen LogP contribution in [0.1, 0.15) is 22.8 Å². The van der Waals surface area contributed by atoms with Crippen LogP contribution in [0.5, 0.6) is 0 Å². The van der Waals surface area contributed by atoms with E-state index in [0.29, 0.717) is 17.8 Å². The van der Waals surface area contributed by atoms with Crippen molar-refractivity contribution in [3.05, 3.63) is 29.5 Å². The summed E-state index contributed by atoms with van der Waals surface area (Å²) in [5.41, 5.74) is 3.37. The maximum Gasteiger partial charge on any atom is 0.342 e. The van der Waals surface area contributed by atoms with Crippen molar-refractivity contribution in [2.24, 2.45) is 0 Å². The Bertz CT molecular complexity index is 770. The number of nitriles is 1. The molecule has 1 aromatic heterocycles. The average Bonchev–Trinajstić information content (AvgIpc) is 2.97. The highest BCUT2D eigenvalue weighted by Crippen LogP contribution is 2.31. The lowest BCUT2D eigenvalue weighted by atomic mass is 9.45. The number of anilines is 1. The Morgan fingerprint density at radius 3 is 2.83 bits per heavy atom. The number of ether oxygens (including phenoxy) is 1. The Kier molecular flexibility index (Phi) is 4.29. The summed E-state index contributed by atoms with van der Waals surface area (Å²) in [6.45, 7) is 6.07. The zero-order valence-corrected chi connectivity index (χ0v) is 13.5. The number of carbonyl (C=O) groups is 1. The molecule has 0 aliphatic carbocycles. The summed E-state index contributed by atoms with van der Waals surface area (Å²) in [6.07, 6.45) is 3.24. The van der Waals surface area contributed by atoms with Gasteiger partial charge in [-0.3, -0.25) is 0 Å². The molecule has 6 heteroatoms. The molecule has 3 rings (SSSR count). The number of rotatable bonds is 3. The van der Waals surface area contributed by atoms with Crippen LogP contribution >= 0.6 is 0 Å². The summed E-state index contributed by atoms with van der Waals surface area (Å²) in [5.74, 6) is 2.00. The van der Waals surface area contributed by atoms with E-state index < -0.39 is 0 Å². The third kappa shape index (κ3) is 2.91. The maximum atomic E-state index is 12.0. The van der Waals surface area contributed by atoms with Crippen LogP contribution in [0.3, 0.4) is 0 Å². The van der Waals surface area contributed by atoms with Crippen LogP contribution in [0.4, 0.5) is 5.69 Å². The van der Waals surface area contributed by atoms with Crippen molar-refractivity contribution >= 4 is 29.3 Å². The molecule has 2 aromatic rings. The predicted molar refractivity (Wildman–Crippen MR) is 90.1 cm³/mol. The Hall–Kier alpha value is -2.42. The number of benzene rings is 1. The molecule has 23 heavy (non-hydrogen) atoms. The lowest BCUT2D eigenvalue weighted by Gasteiger charge is -2.31. The zero-order valence-electron chi connectivity index (χ0n) is 13.5. The van der Waals surface area contributed by atoms with E-state index >= 15 is 0 Å². The number of carbonyl (C=O) groups excluding carboxylic acids is 1. The van der Waals surface area contributed by atoms with Crippen molar-refractivity contribution in [1.82, 2.24) is 0 Å². The van der Waals surface area contributed by atoms with E-state index in [1.54, 1.807) is 6.92 Å². The maximum absolute atomic E-state index is 12.0. The van der Waals surface area contributed by atoms with Gasteiger partial charge in [0, 0.05) is 36.2 Å². The average molecular weight is 310 g/mol. The number of hydrogen-bond acceptors (Lipinski definition) is 5. The van der Waals surface area contributed by atoms with Crippen LogP contribution in [0.25, 0.3) is 11.0 Å². The van der Waals surface area contributed by atoms with E-state index in [0.717, 1.165) is 42.4 Å². The Morgan fingerprint density at radius 2 is 2.17 bits per heavy atom. The SMILES string of the molecule is CCOC(=O)c1coc2cc(N3CCB(C#N)CC3)c(C)cc12. The van der Waals surface area contributed by atoms with Crippen LogP contribution in [-0.2, 0) is 4.74 Å². The van der Waals surface area contributed by atoms with Crippen LogP contribution in [0.2, 0.25) is 12.6 Å². The largest absolute Gasteiger partial charge is 0.463 e. The van der Waals surface area contributed by atoms with Gasteiger partial charge in [-0.1, -0.05) is 0 Å². The van der Waals surface area contributed by atoms with Crippen LogP contribution in [0, 0.1) is 18.2 Å². The molecule has 1 fully saturated rings. The lowest BCUT2D eigenvalue weighted by Crippen LogP contribution is -2.36. The van der Waals surface area contributed by atoms with Gasteiger partial charge < -0.3 is 14.1 Å². The van der Waals surface area contributed by atoms with Gasteiger partial charge in [0.2, 0.25) is 0 Å². The summed E-state index contributed by atoms with van der Waals surface area (Å²) in [7, 11) is 0. The number of aryl methyl sites for hydroxylation is 1. The van der Waals surface area contributed by atoms with E-state index in [1.165, 1.54) is 6.26 Å². The van der Waals surface area contributed by atoms with Crippen LogP contribution in [-0.4, -0.2) is 32.4 Å². The topological polar surface area (TPSA) is 66.5 Å². The number of fused-ring (bicyclic) bond motifs is 1. The number of nitrogens with zero attached hydrogens (tertiary/aromatic N) is 2. The van der Waals surface area contributed by atoms with E-state index in [4.69, 9.17) is 14.4 Å². The molecule has 0 saturated carbocycles. The normalized spacial score (nSPS) is 14.8. The third-order valence-electron chi connectivity index (χ3n) is 4.41. The van der Waals surface area contributed by atoms with E-state index in [1.807, 2.05) is 19.1 Å². The second-order valence-electron chi connectivity index (χ2n) is 5.90. The summed E-state index contributed by atoms with van der Waals surface area (Å²) >= 11 is 0. The third-order valence-corrected chi connectivity index (χ3v) is 4.41. The fourth-order valence-electron chi connectivity index (χ4n) is 3.13. The highest BCUT2D eigenvalue weighted by Gasteiger charge is 2.24. The Balaban J connectivity index is 1.91. The van der Waals surface area contributed by atoms with Crippen molar-refractivity contribution in [3.63, 3.8) is 0 Å². The molecule has 2 heterocycles. The molecule has 5 nitrogen and oxygen atoms in total. The first-order valence-corrected chi connectivity index (χ1v) is 7.97. The molecule has 1 aliphatic rings. The number of hydrogen-bond donors (Lipinski definition) is 0. The molecule has 118 valence electrons. The molecule has 1 aliphatic heterocycles. The van der Waals surface area contributed by atoms with Gasteiger partial charge in [-0.2, -0.15) is 0 Å². The standard InChI is InChI=1S/C17H19BN2O3/c1-3-22-17(21)14-10-23-16-9-15(12(2)8-13(14)16)20-6-4-18(11-19)5-7-20/h8-10H,3-7H2,1-2H3. The lowest BCUT2D eigenvalue weighted by molar-refractivity contribution is 0.0527. The van der Waals surface area contributed by atoms with Crippen molar-refractivity contribution in [3.8, 4) is 5.97 Å². The fraction of sp³-hybridized carbons (Fsp3) is 0.412. The van der Waals surface area contributed by atoms with E-state index in [9.17, 15) is 4.79 Å². The summed E-state index contributed by atoms with van der Waals surface area (Å²) in [4.78, 5) is 14.3. The second-order valence-corrected chi connectivity index (χ2v) is 5.90. The van der Waals surface area contributed by atoms with Gasteiger partial charge in [0.1, 0.15) is 17.4 Å². The van der Waals surface area contributed by atoms with E-state index in [-0.39, 0.29) is 12.7 Å². The van der Waals surface area contributed by atoms with Gasteiger partial charge in [-0.15, -0.1) is 0 Å². The minimum Gasteiger partial charge on any atom is -0.463 e. The summed E-state index contributed by atoms with van der Waals surface area (Å²) < 4.78 is 10.6. The van der Waals surface area contributed by atoms with E-state index in [2.05, 4.69) is 10.9 Å². The molecule has 0 radical (unpaired) electrons. The van der Waals surface area contributed by atoms with Gasteiger partial charge >= 0.3 is 5.97 Å². The van der Waals surface area contributed by atoms with Gasteiger partial charge in [-0.25, -0.2) is 10.1 Å². The van der Waals surface area contributed by atoms with Crippen molar-refractivity contribution in [2.75, 3.05) is 24.6 Å². The fourth-order valence-corrected chi connectivity index (χ4v) is 3.13. The van der Waals surface area contributed by atoms with Crippen molar-refractivity contribution in [1.29, 1.82) is 5.26 Å². The zero-order chi connectivity index (χ0) is 16.4. The van der Waals surface area contributed by atoms with Crippen molar-refractivity contribution < 1.29 is 13.9 Å². The molecule has 0 bridgehead atoms. The highest BCUT2D eigenvalue weighted by molar-refractivity contribution is 6.67. The molecule has 1 saturated heterocycles. The van der Waals surface area contributed by atoms with Crippen LogP contribution in [0.15, 0.2) is 22.8 Å². The summed E-state index contributed by atoms with van der Waals surface area (Å²) in [5, 5.41) is 9.80.